The number of hydrogen-bond acceptors (Lipinski definition) is 4. The molecule has 0 bridgehead atoms. The first-order valence-corrected chi connectivity index (χ1v) is 7.93. The van der Waals surface area contributed by atoms with Crippen LogP contribution in [0.5, 0.6) is 11.5 Å². The molecule has 1 amide bonds. The predicted molar refractivity (Wildman–Crippen MR) is 91.0 cm³/mol. The lowest BCUT2D eigenvalue weighted by Crippen LogP contribution is -2.32. The molecule has 5 nitrogen and oxygen atoms in total. The van der Waals surface area contributed by atoms with Gasteiger partial charge >= 0.3 is 0 Å². The largest absolute Gasteiger partial charge is 0.493 e. The molecule has 0 fully saturated rings. The van der Waals surface area contributed by atoms with Gasteiger partial charge in [0.2, 0.25) is 5.91 Å². The summed E-state index contributed by atoms with van der Waals surface area (Å²) in [4.78, 5) is 11.9. The van der Waals surface area contributed by atoms with E-state index in [2.05, 4.69) is 5.32 Å². The highest BCUT2D eigenvalue weighted by atomic mass is 16.5. The van der Waals surface area contributed by atoms with Gasteiger partial charge in [0.15, 0.2) is 11.5 Å². The summed E-state index contributed by atoms with van der Waals surface area (Å²) in [5.41, 5.74) is 0.859. The number of rotatable bonds is 8. The molecule has 1 unspecified atom stereocenters. The van der Waals surface area contributed by atoms with Crippen molar-refractivity contribution >= 4 is 5.91 Å². The second kappa shape index (κ2) is 8.77. The van der Waals surface area contributed by atoms with Crippen molar-refractivity contribution in [2.75, 3.05) is 20.8 Å². The number of ether oxygens (including phenoxy) is 2. The van der Waals surface area contributed by atoms with Crippen molar-refractivity contribution in [3.63, 3.8) is 0 Å². The minimum atomic E-state index is -0.423. The summed E-state index contributed by atoms with van der Waals surface area (Å²) in [6.45, 7) is 6.44. The van der Waals surface area contributed by atoms with Gasteiger partial charge in [-0.2, -0.15) is 0 Å². The van der Waals surface area contributed by atoms with Crippen LogP contribution in [0.4, 0.5) is 0 Å². The van der Waals surface area contributed by atoms with E-state index in [4.69, 9.17) is 9.47 Å². The molecule has 130 valence electrons. The Morgan fingerprint density at radius 2 is 1.87 bits per heavy atom. The number of amides is 1. The minimum absolute atomic E-state index is 0.0131. The van der Waals surface area contributed by atoms with Gasteiger partial charge in [-0.15, -0.1) is 0 Å². The van der Waals surface area contributed by atoms with Crippen LogP contribution in [-0.4, -0.2) is 37.9 Å². The fourth-order valence-corrected chi connectivity index (χ4v) is 2.16. The highest BCUT2D eigenvalue weighted by molar-refractivity contribution is 5.76. The normalized spacial score (nSPS) is 12.6. The Bertz CT molecular complexity index is 508. The summed E-state index contributed by atoms with van der Waals surface area (Å²) in [6.07, 6.45) is 1.18. The molecule has 1 rings (SSSR count). The number of hydrogen-bond donors (Lipinski definition) is 2. The highest BCUT2D eigenvalue weighted by Gasteiger charge is 2.21. The van der Waals surface area contributed by atoms with Crippen LogP contribution in [-0.2, 0) is 11.2 Å². The van der Waals surface area contributed by atoms with Crippen molar-refractivity contribution in [2.24, 2.45) is 5.41 Å². The van der Waals surface area contributed by atoms with Gasteiger partial charge in [-0.25, -0.2) is 0 Å². The zero-order valence-electron chi connectivity index (χ0n) is 14.8. The second-order valence-corrected chi connectivity index (χ2v) is 6.71. The molecule has 0 saturated heterocycles. The molecule has 23 heavy (non-hydrogen) atoms. The summed E-state index contributed by atoms with van der Waals surface area (Å²) in [6, 6.07) is 5.65. The van der Waals surface area contributed by atoms with E-state index in [1.807, 2.05) is 39.0 Å². The molecule has 1 aromatic rings. The van der Waals surface area contributed by atoms with Crippen LogP contribution in [0, 0.1) is 5.41 Å². The highest BCUT2D eigenvalue weighted by Crippen LogP contribution is 2.28. The van der Waals surface area contributed by atoms with Crippen LogP contribution in [0.25, 0.3) is 0 Å². The number of benzene rings is 1. The van der Waals surface area contributed by atoms with Crippen LogP contribution in [0.15, 0.2) is 18.2 Å². The minimum Gasteiger partial charge on any atom is -0.493 e. The Balaban J connectivity index is 2.39. The number of carbonyl (C=O) groups excluding carboxylic acids is 1. The zero-order valence-corrected chi connectivity index (χ0v) is 14.8. The Kier molecular flexibility index (Phi) is 7.36. The SMILES string of the molecule is COc1ccc(CCC(=O)NCCC(O)C(C)(C)C)cc1OC. The lowest BCUT2D eigenvalue weighted by molar-refractivity contribution is -0.121. The summed E-state index contributed by atoms with van der Waals surface area (Å²) in [5.74, 6) is 1.33. The van der Waals surface area contributed by atoms with E-state index in [0.29, 0.717) is 37.3 Å². The van der Waals surface area contributed by atoms with Gasteiger partial charge in [0.25, 0.3) is 0 Å². The topological polar surface area (TPSA) is 67.8 Å². The molecular weight excluding hydrogens is 294 g/mol. The first-order chi connectivity index (χ1) is 10.8. The van der Waals surface area contributed by atoms with Crippen LogP contribution < -0.4 is 14.8 Å². The summed E-state index contributed by atoms with van der Waals surface area (Å²) in [7, 11) is 3.19. The average Bonchev–Trinajstić information content (AvgIpc) is 2.51. The summed E-state index contributed by atoms with van der Waals surface area (Å²) in [5, 5.41) is 12.8. The lowest BCUT2D eigenvalue weighted by Gasteiger charge is -2.25. The molecule has 0 aromatic heterocycles. The van der Waals surface area contributed by atoms with E-state index < -0.39 is 6.10 Å². The quantitative estimate of drug-likeness (QED) is 0.771. The smallest absolute Gasteiger partial charge is 0.220 e. The van der Waals surface area contributed by atoms with Crippen molar-refractivity contribution in [1.82, 2.24) is 5.32 Å². The molecule has 1 aromatic carbocycles. The maximum atomic E-state index is 11.9. The Morgan fingerprint density at radius 1 is 1.22 bits per heavy atom. The predicted octanol–water partition coefficient (Wildman–Crippen LogP) is 2.55. The third kappa shape index (κ3) is 6.48. The van der Waals surface area contributed by atoms with Crippen LogP contribution in [0.1, 0.15) is 39.2 Å². The number of nitrogens with one attached hydrogen (secondary N) is 1. The van der Waals surface area contributed by atoms with E-state index >= 15 is 0 Å². The maximum absolute atomic E-state index is 11.9. The van der Waals surface area contributed by atoms with Crippen molar-refractivity contribution in [3.8, 4) is 11.5 Å². The third-order valence-corrected chi connectivity index (χ3v) is 3.83. The number of aliphatic hydroxyl groups excluding tert-OH is 1. The molecule has 1 atom stereocenters. The van der Waals surface area contributed by atoms with Gasteiger partial charge in [0.05, 0.1) is 20.3 Å². The fraction of sp³-hybridized carbons (Fsp3) is 0.611. The van der Waals surface area contributed by atoms with Gasteiger partial charge in [0, 0.05) is 13.0 Å². The number of aliphatic hydroxyl groups is 1. The second-order valence-electron chi connectivity index (χ2n) is 6.71. The molecule has 5 heteroatoms. The molecule has 0 aliphatic rings. The number of methoxy groups -OCH3 is 2. The lowest BCUT2D eigenvalue weighted by atomic mass is 9.87. The Morgan fingerprint density at radius 3 is 2.43 bits per heavy atom. The molecule has 0 aliphatic heterocycles. The maximum Gasteiger partial charge on any atom is 0.220 e. The standard InChI is InChI=1S/C18H29NO4/c1-18(2,3)16(20)10-11-19-17(21)9-7-13-6-8-14(22-4)15(12-13)23-5/h6,8,12,16,20H,7,9-11H2,1-5H3,(H,19,21). The van der Waals surface area contributed by atoms with E-state index in [0.717, 1.165) is 5.56 Å². The monoisotopic (exact) mass is 323 g/mol. The molecule has 0 saturated carbocycles. The molecule has 0 aliphatic carbocycles. The number of aryl methyl sites for hydroxylation is 1. The van der Waals surface area contributed by atoms with Crippen LogP contribution in [0.2, 0.25) is 0 Å². The first kappa shape index (κ1) is 19.3. The molecular formula is C18H29NO4. The van der Waals surface area contributed by atoms with Gasteiger partial charge in [-0.05, 0) is 36.0 Å². The average molecular weight is 323 g/mol. The zero-order chi connectivity index (χ0) is 17.5. The number of carbonyl (C=O) groups is 1. The summed E-state index contributed by atoms with van der Waals surface area (Å²) < 4.78 is 10.4. The van der Waals surface area contributed by atoms with Crippen molar-refractivity contribution in [2.45, 2.75) is 46.1 Å². The van der Waals surface area contributed by atoms with Gasteiger partial charge in [0.1, 0.15) is 0 Å². The first-order valence-electron chi connectivity index (χ1n) is 7.93. The van der Waals surface area contributed by atoms with Crippen molar-refractivity contribution < 1.29 is 19.4 Å². The van der Waals surface area contributed by atoms with Gasteiger partial charge in [-0.1, -0.05) is 26.8 Å². The van der Waals surface area contributed by atoms with E-state index in [-0.39, 0.29) is 11.3 Å². The van der Waals surface area contributed by atoms with E-state index in [1.165, 1.54) is 0 Å². The Labute approximate surface area is 139 Å². The molecule has 0 heterocycles. The third-order valence-electron chi connectivity index (χ3n) is 3.83. The molecule has 0 radical (unpaired) electrons. The summed E-state index contributed by atoms with van der Waals surface area (Å²) >= 11 is 0. The van der Waals surface area contributed by atoms with Gasteiger partial charge in [-0.3, -0.25) is 4.79 Å². The molecule has 0 spiro atoms. The van der Waals surface area contributed by atoms with Crippen LogP contribution in [0.3, 0.4) is 0 Å². The van der Waals surface area contributed by atoms with Gasteiger partial charge < -0.3 is 19.9 Å². The van der Waals surface area contributed by atoms with Crippen molar-refractivity contribution in [3.05, 3.63) is 23.8 Å². The Hall–Kier alpha value is -1.75. The molecule has 2 N–H and O–H groups in total. The van der Waals surface area contributed by atoms with Crippen molar-refractivity contribution in [1.29, 1.82) is 0 Å². The fourth-order valence-electron chi connectivity index (χ4n) is 2.16. The van der Waals surface area contributed by atoms with E-state index in [1.54, 1.807) is 14.2 Å². The van der Waals surface area contributed by atoms with Crippen LogP contribution >= 0.6 is 0 Å². The van der Waals surface area contributed by atoms with E-state index in [9.17, 15) is 9.90 Å².